The summed E-state index contributed by atoms with van der Waals surface area (Å²) < 4.78 is 0. The number of hydrogen-bond donors (Lipinski definition) is 1. The Morgan fingerprint density at radius 1 is 1.09 bits per heavy atom. The summed E-state index contributed by atoms with van der Waals surface area (Å²) in [6, 6.07) is 15.8. The van der Waals surface area contributed by atoms with Crippen LogP contribution in [-0.2, 0) is 0 Å². The van der Waals surface area contributed by atoms with Crippen molar-refractivity contribution < 1.29 is 4.79 Å². The first-order valence-corrected chi connectivity index (χ1v) is 8.54. The van der Waals surface area contributed by atoms with E-state index in [1.165, 1.54) is 10.5 Å². The van der Waals surface area contributed by atoms with E-state index in [0.717, 1.165) is 23.2 Å². The van der Waals surface area contributed by atoms with Gasteiger partial charge in [0.1, 0.15) is 5.69 Å². The molecule has 1 aliphatic heterocycles. The van der Waals surface area contributed by atoms with E-state index >= 15 is 0 Å². The van der Waals surface area contributed by atoms with Gasteiger partial charge in [0.25, 0.3) is 5.91 Å². The number of para-hydroxylation sites is 2. The molecular weight excluding hydrogens is 306 g/mol. The summed E-state index contributed by atoms with van der Waals surface area (Å²) in [5.74, 6) is 0.834. The summed E-state index contributed by atoms with van der Waals surface area (Å²) in [6.45, 7) is 0. The molecule has 2 aromatic carbocycles. The molecule has 0 saturated carbocycles. The van der Waals surface area contributed by atoms with Gasteiger partial charge in [-0.1, -0.05) is 30.3 Å². The van der Waals surface area contributed by atoms with Gasteiger partial charge in [-0.05, 0) is 30.2 Å². The Balaban J connectivity index is 1.60. The molecule has 23 heavy (non-hydrogen) atoms. The quantitative estimate of drug-likeness (QED) is 0.783. The first kappa shape index (κ1) is 14.2. The second-order valence-electron chi connectivity index (χ2n) is 5.44. The molecule has 0 saturated heterocycles. The van der Waals surface area contributed by atoms with Gasteiger partial charge in [0.15, 0.2) is 0 Å². The molecule has 0 fully saturated rings. The lowest BCUT2D eigenvalue weighted by Crippen LogP contribution is -2.31. The highest BCUT2D eigenvalue weighted by atomic mass is 32.2. The molecule has 4 nitrogen and oxygen atoms in total. The number of carbonyl (C=O) groups excluding carboxylic acids is 1. The van der Waals surface area contributed by atoms with E-state index in [0.29, 0.717) is 5.69 Å². The van der Waals surface area contributed by atoms with Crippen LogP contribution in [0.25, 0.3) is 11.0 Å². The van der Waals surface area contributed by atoms with Crippen LogP contribution in [0, 0.1) is 0 Å². The van der Waals surface area contributed by atoms with Gasteiger partial charge in [-0.25, -0.2) is 4.98 Å². The van der Waals surface area contributed by atoms with Crippen LogP contribution in [-0.4, -0.2) is 21.6 Å². The van der Waals surface area contributed by atoms with Gasteiger partial charge in [0.2, 0.25) is 0 Å². The molecule has 1 N–H and O–H groups in total. The van der Waals surface area contributed by atoms with Crippen molar-refractivity contribution in [3.63, 3.8) is 0 Å². The van der Waals surface area contributed by atoms with E-state index in [2.05, 4.69) is 27.4 Å². The Kier molecular flexibility index (Phi) is 3.71. The number of fused-ring (bicyclic) bond motifs is 2. The number of nitrogens with one attached hydrogen (secondary N) is 1. The number of rotatable bonds is 2. The zero-order chi connectivity index (χ0) is 15.6. The fourth-order valence-corrected chi connectivity index (χ4v) is 3.92. The van der Waals surface area contributed by atoms with Crippen LogP contribution in [0.2, 0.25) is 0 Å². The van der Waals surface area contributed by atoms with Gasteiger partial charge in [-0.3, -0.25) is 9.78 Å². The maximum absolute atomic E-state index is 12.5. The molecule has 4 rings (SSSR count). The first-order valence-electron chi connectivity index (χ1n) is 7.55. The average molecular weight is 321 g/mol. The average Bonchev–Trinajstić information content (AvgIpc) is 2.61. The van der Waals surface area contributed by atoms with Crippen LogP contribution in [0.5, 0.6) is 0 Å². The van der Waals surface area contributed by atoms with E-state index in [-0.39, 0.29) is 11.9 Å². The summed E-state index contributed by atoms with van der Waals surface area (Å²) in [6.07, 6.45) is 2.47. The predicted molar refractivity (Wildman–Crippen MR) is 91.5 cm³/mol. The molecule has 1 aliphatic rings. The lowest BCUT2D eigenvalue weighted by Gasteiger charge is -2.25. The van der Waals surface area contributed by atoms with Gasteiger partial charge >= 0.3 is 0 Å². The molecule has 0 aliphatic carbocycles. The highest BCUT2D eigenvalue weighted by molar-refractivity contribution is 7.99. The van der Waals surface area contributed by atoms with Crippen molar-refractivity contribution >= 4 is 28.7 Å². The van der Waals surface area contributed by atoms with Crippen molar-refractivity contribution in [2.75, 3.05) is 5.75 Å². The SMILES string of the molecule is O=C(N[C@H]1CCSc2ccccc21)c1cnc2ccccc2n1. The monoisotopic (exact) mass is 321 g/mol. The zero-order valence-electron chi connectivity index (χ0n) is 12.4. The fourth-order valence-electron chi connectivity index (χ4n) is 2.79. The number of amides is 1. The predicted octanol–water partition coefficient (Wildman–Crippen LogP) is 3.60. The van der Waals surface area contributed by atoms with E-state index < -0.39 is 0 Å². The summed E-state index contributed by atoms with van der Waals surface area (Å²) in [7, 11) is 0. The van der Waals surface area contributed by atoms with E-state index in [4.69, 9.17) is 0 Å². The van der Waals surface area contributed by atoms with Crippen LogP contribution < -0.4 is 5.32 Å². The maximum Gasteiger partial charge on any atom is 0.271 e. The van der Waals surface area contributed by atoms with Gasteiger partial charge in [0.05, 0.1) is 23.3 Å². The van der Waals surface area contributed by atoms with E-state index in [9.17, 15) is 4.79 Å². The van der Waals surface area contributed by atoms with Crippen molar-refractivity contribution in [1.82, 2.24) is 15.3 Å². The molecule has 0 radical (unpaired) electrons. The number of thioether (sulfide) groups is 1. The zero-order valence-corrected chi connectivity index (χ0v) is 13.2. The summed E-state index contributed by atoms with van der Waals surface area (Å²) >= 11 is 1.84. The number of nitrogens with zero attached hydrogens (tertiary/aromatic N) is 2. The van der Waals surface area contributed by atoms with Crippen molar-refractivity contribution in [1.29, 1.82) is 0 Å². The van der Waals surface area contributed by atoms with Crippen LogP contribution in [0.15, 0.2) is 59.6 Å². The first-order chi connectivity index (χ1) is 11.3. The smallest absolute Gasteiger partial charge is 0.271 e. The summed E-state index contributed by atoms with van der Waals surface area (Å²) in [5.41, 5.74) is 3.08. The van der Waals surface area contributed by atoms with Crippen LogP contribution in [0.4, 0.5) is 0 Å². The van der Waals surface area contributed by atoms with Crippen molar-refractivity contribution in [3.8, 4) is 0 Å². The number of aromatic nitrogens is 2. The minimum atomic E-state index is -0.171. The summed E-state index contributed by atoms with van der Waals surface area (Å²) in [4.78, 5) is 22.5. The molecule has 1 aromatic heterocycles. The fraction of sp³-hybridized carbons (Fsp3) is 0.167. The molecule has 0 bridgehead atoms. The normalized spacial score (nSPS) is 16.8. The Bertz CT molecular complexity index is 881. The van der Waals surface area contributed by atoms with Gasteiger partial charge < -0.3 is 5.32 Å². The standard InChI is InChI=1S/C18H15N3OS/c22-18(16-11-19-14-6-2-3-7-15(14)20-16)21-13-9-10-23-17-8-4-1-5-12(13)17/h1-8,11,13H,9-10H2,(H,21,22)/t13-/m0/s1. The van der Waals surface area contributed by atoms with Crippen LogP contribution >= 0.6 is 11.8 Å². The Labute approximate surface area is 138 Å². The maximum atomic E-state index is 12.5. The second kappa shape index (κ2) is 6.01. The largest absolute Gasteiger partial charge is 0.344 e. The highest BCUT2D eigenvalue weighted by Crippen LogP contribution is 2.35. The lowest BCUT2D eigenvalue weighted by molar-refractivity contribution is 0.0930. The van der Waals surface area contributed by atoms with Gasteiger partial charge in [0, 0.05) is 10.6 Å². The molecule has 1 atom stereocenters. The number of benzene rings is 2. The Morgan fingerprint density at radius 3 is 2.78 bits per heavy atom. The van der Waals surface area contributed by atoms with Crippen molar-refractivity contribution in [3.05, 3.63) is 66.0 Å². The molecule has 5 heteroatoms. The molecule has 1 amide bonds. The van der Waals surface area contributed by atoms with Crippen molar-refractivity contribution in [2.45, 2.75) is 17.4 Å². The minimum absolute atomic E-state index is 0.0354. The molecular formula is C18H15N3OS. The minimum Gasteiger partial charge on any atom is -0.344 e. The molecule has 2 heterocycles. The van der Waals surface area contributed by atoms with E-state index in [1.54, 1.807) is 6.20 Å². The second-order valence-corrected chi connectivity index (χ2v) is 6.58. The van der Waals surface area contributed by atoms with Crippen molar-refractivity contribution in [2.24, 2.45) is 0 Å². The third kappa shape index (κ3) is 2.80. The Morgan fingerprint density at radius 2 is 1.87 bits per heavy atom. The molecule has 3 aromatic rings. The lowest BCUT2D eigenvalue weighted by atomic mass is 10.0. The molecule has 0 unspecified atom stereocenters. The number of hydrogen-bond acceptors (Lipinski definition) is 4. The topological polar surface area (TPSA) is 54.9 Å². The van der Waals surface area contributed by atoms with Crippen LogP contribution in [0.1, 0.15) is 28.5 Å². The third-order valence-electron chi connectivity index (χ3n) is 3.95. The van der Waals surface area contributed by atoms with Crippen LogP contribution in [0.3, 0.4) is 0 Å². The summed E-state index contributed by atoms with van der Waals surface area (Å²) in [5, 5.41) is 3.10. The molecule has 0 spiro atoms. The van der Waals surface area contributed by atoms with Gasteiger partial charge in [-0.15, -0.1) is 11.8 Å². The molecule has 114 valence electrons. The third-order valence-corrected chi connectivity index (χ3v) is 5.07. The van der Waals surface area contributed by atoms with Gasteiger partial charge in [-0.2, -0.15) is 0 Å². The van der Waals surface area contributed by atoms with E-state index in [1.807, 2.05) is 48.2 Å². The highest BCUT2D eigenvalue weighted by Gasteiger charge is 2.23. The number of carbonyl (C=O) groups is 1. The Hall–Kier alpha value is -2.40.